The van der Waals surface area contributed by atoms with Gasteiger partial charge in [-0.3, -0.25) is 4.79 Å². The Hall–Kier alpha value is -1.08. The molecule has 1 fully saturated rings. The van der Waals surface area contributed by atoms with Crippen LogP contribution in [0.15, 0.2) is 22.7 Å². The quantitative estimate of drug-likeness (QED) is 0.835. The minimum Gasteiger partial charge on any atom is -0.328 e. The fourth-order valence-electron chi connectivity index (χ4n) is 2.45. The van der Waals surface area contributed by atoms with E-state index < -0.39 is 11.7 Å². The average molecular weight is 365 g/mol. The summed E-state index contributed by atoms with van der Waals surface area (Å²) in [7, 11) is 0. The van der Waals surface area contributed by atoms with Gasteiger partial charge in [-0.25, -0.2) is 0 Å². The maximum Gasteiger partial charge on any atom is 0.416 e. The Labute approximate surface area is 129 Å². The van der Waals surface area contributed by atoms with Gasteiger partial charge in [0.05, 0.1) is 5.56 Å². The zero-order valence-electron chi connectivity index (χ0n) is 11.2. The maximum atomic E-state index is 12.7. The van der Waals surface area contributed by atoms with Crippen molar-refractivity contribution in [2.75, 3.05) is 5.32 Å². The zero-order valence-corrected chi connectivity index (χ0v) is 12.8. The minimum atomic E-state index is -4.44. The molecule has 1 aromatic rings. The Morgan fingerprint density at radius 2 is 1.81 bits per heavy atom. The van der Waals surface area contributed by atoms with E-state index >= 15 is 0 Å². The second-order valence-electron chi connectivity index (χ2n) is 5.33. The Balaban J connectivity index is 2.09. The molecule has 1 aliphatic rings. The largest absolute Gasteiger partial charge is 0.416 e. The van der Waals surface area contributed by atoms with Gasteiger partial charge in [0.1, 0.15) is 0 Å². The van der Waals surface area contributed by atoms with E-state index in [1.165, 1.54) is 6.07 Å². The van der Waals surface area contributed by atoms with E-state index in [0.717, 1.165) is 25.0 Å². The van der Waals surface area contributed by atoms with Crippen LogP contribution in [0.4, 0.5) is 18.9 Å². The van der Waals surface area contributed by atoms with E-state index in [0.29, 0.717) is 12.8 Å². The number of halogens is 4. The summed E-state index contributed by atoms with van der Waals surface area (Å²) >= 11 is 3.03. The molecule has 1 aliphatic carbocycles. The highest BCUT2D eigenvalue weighted by Crippen LogP contribution is 2.34. The Kier molecular flexibility index (Phi) is 4.93. The van der Waals surface area contributed by atoms with E-state index in [2.05, 4.69) is 21.2 Å². The molecule has 0 atom stereocenters. The van der Waals surface area contributed by atoms with Crippen LogP contribution in [-0.2, 0) is 11.0 Å². The summed E-state index contributed by atoms with van der Waals surface area (Å²) in [5.41, 5.74) is 5.13. The highest BCUT2D eigenvalue weighted by Gasteiger charge is 2.31. The van der Waals surface area contributed by atoms with Crippen LogP contribution >= 0.6 is 15.9 Å². The molecule has 3 N–H and O–H groups in total. The van der Waals surface area contributed by atoms with Crippen LogP contribution in [0.3, 0.4) is 0 Å². The first-order chi connectivity index (χ1) is 9.75. The number of anilines is 1. The smallest absolute Gasteiger partial charge is 0.328 e. The predicted molar refractivity (Wildman–Crippen MR) is 77.7 cm³/mol. The third-order valence-electron chi connectivity index (χ3n) is 3.64. The standard InChI is InChI=1S/C14H16BrF3N2O/c15-10-5-9(14(16,17)18)6-12(7-10)20-13(21)8-1-3-11(19)4-2-8/h5-8,11H,1-4,19H2,(H,20,21). The van der Waals surface area contributed by atoms with Crippen molar-refractivity contribution in [1.29, 1.82) is 0 Å². The van der Waals surface area contributed by atoms with Crippen LogP contribution < -0.4 is 11.1 Å². The molecule has 0 spiro atoms. The Morgan fingerprint density at radius 3 is 2.38 bits per heavy atom. The average Bonchev–Trinajstić information content (AvgIpc) is 2.37. The first kappa shape index (κ1) is 16.3. The zero-order chi connectivity index (χ0) is 15.6. The molecule has 1 amide bonds. The lowest BCUT2D eigenvalue weighted by Crippen LogP contribution is -2.32. The molecule has 1 saturated carbocycles. The van der Waals surface area contributed by atoms with Gasteiger partial charge in [0.25, 0.3) is 0 Å². The molecular formula is C14H16BrF3N2O. The number of carbonyl (C=O) groups is 1. The third kappa shape index (κ3) is 4.44. The summed E-state index contributed by atoms with van der Waals surface area (Å²) in [5, 5.41) is 2.57. The predicted octanol–water partition coefficient (Wildman–Crippen LogP) is 3.92. The molecule has 0 bridgehead atoms. The van der Waals surface area contributed by atoms with Crippen LogP contribution in [0, 0.1) is 5.92 Å². The summed E-state index contributed by atoms with van der Waals surface area (Å²) in [6.07, 6.45) is -1.56. The molecule has 0 unspecified atom stereocenters. The lowest BCUT2D eigenvalue weighted by Gasteiger charge is -2.25. The monoisotopic (exact) mass is 364 g/mol. The number of rotatable bonds is 2. The number of benzene rings is 1. The first-order valence-electron chi connectivity index (χ1n) is 6.70. The van der Waals surface area contributed by atoms with E-state index in [1.807, 2.05) is 0 Å². The highest BCUT2D eigenvalue weighted by molar-refractivity contribution is 9.10. The number of amides is 1. The molecule has 0 aliphatic heterocycles. The van der Waals surface area contributed by atoms with Crippen molar-refractivity contribution in [3.05, 3.63) is 28.2 Å². The van der Waals surface area contributed by atoms with Crippen molar-refractivity contribution in [3.63, 3.8) is 0 Å². The summed E-state index contributed by atoms with van der Waals surface area (Å²) in [6.45, 7) is 0. The second kappa shape index (κ2) is 6.36. The van der Waals surface area contributed by atoms with Gasteiger partial charge in [-0.15, -0.1) is 0 Å². The van der Waals surface area contributed by atoms with Gasteiger partial charge in [-0.05, 0) is 43.9 Å². The van der Waals surface area contributed by atoms with Crippen LogP contribution in [0.25, 0.3) is 0 Å². The highest BCUT2D eigenvalue weighted by atomic mass is 79.9. The van der Waals surface area contributed by atoms with Crippen molar-refractivity contribution >= 4 is 27.5 Å². The molecule has 3 nitrogen and oxygen atoms in total. The molecule has 0 saturated heterocycles. The van der Waals surface area contributed by atoms with Crippen LogP contribution in [0.2, 0.25) is 0 Å². The van der Waals surface area contributed by atoms with Crippen molar-refractivity contribution in [3.8, 4) is 0 Å². The molecule has 0 radical (unpaired) electrons. The van der Waals surface area contributed by atoms with Crippen molar-refractivity contribution < 1.29 is 18.0 Å². The summed E-state index contributed by atoms with van der Waals surface area (Å²) in [5.74, 6) is -0.425. The Bertz CT molecular complexity index is 525. The van der Waals surface area contributed by atoms with E-state index in [9.17, 15) is 18.0 Å². The molecule has 2 rings (SSSR count). The van der Waals surface area contributed by atoms with E-state index in [4.69, 9.17) is 5.73 Å². The molecule has 116 valence electrons. The SMILES string of the molecule is NC1CCC(C(=O)Nc2cc(Br)cc(C(F)(F)F)c2)CC1. The summed E-state index contributed by atoms with van der Waals surface area (Å²) < 4.78 is 38.5. The van der Waals surface area contributed by atoms with E-state index in [1.54, 1.807) is 0 Å². The lowest BCUT2D eigenvalue weighted by molar-refractivity contribution is -0.137. The topological polar surface area (TPSA) is 55.1 Å². The number of hydrogen-bond acceptors (Lipinski definition) is 2. The van der Waals surface area contributed by atoms with Crippen LogP contribution in [-0.4, -0.2) is 11.9 Å². The van der Waals surface area contributed by atoms with Gasteiger partial charge in [-0.2, -0.15) is 13.2 Å². The second-order valence-corrected chi connectivity index (χ2v) is 6.24. The molecule has 21 heavy (non-hydrogen) atoms. The van der Waals surface area contributed by atoms with Crippen LogP contribution in [0.5, 0.6) is 0 Å². The van der Waals surface area contributed by atoms with Gasteiger partial charge in [0.2, 0.25) is 5.91 Å². The van der Waals surface area contributed by atoms with Gasteiger partial charge < -0.3 is 11.1 Å². The summed E-state index contributed by atoms with van der Waals surface area (Å²) in [6, 6.07) is 3.51. The minimum absolute atomic E-state index is 0.122. The van der Waals surface area contributed by atoms with Crippen LogP contribution in [0.1, 0.15) is 31.2 Å². The van der Waals surface area contributed by atoms with Crippen molar-refractivity contribution in [2.24, 2.45) is 11.7 Å². The first-order valence-corrected chi connectivity index (χ1v) is 7.49. The van der Waals surface area contributed by atoms with Crippen molar-refractivity contribution in [2.45, 2.75) is 37.9 Å². The van der Waals surface area contributed by atoms with Gasteiger partial charge >= 0.3 is 6.18 Å². The molecule has 1 aromatic carbocycles. The molecule has 7 heteroatoms. The fraction of sp³-hybridized carbons (Fsp3) is 0.500. The Morgan fingerprint density at radius 1 is 1.19 bits per heavy atom. The number of nitrogens with two attached hydrogens (primary N) is 1. The fourth-order valence-corrected chi connectivity index (χ4v) is 2.94. The number of carbonyl (C=O) groups excluding carboxylic acids is 1. The lowest BCUT2D eigenvalue weighted by atomic mass is 9.86. The van der Waals surface area contributed by atoms with E-state index in [-0.39, 0.29) is 28.0 Å². The number of nitrogens with one attached hydrogen (secondary N) is 1. The van der Waals surface area contributed by atoms with Gasteiger partial charge in [0, 0.05) is 22.1 Å². The number of alkyl halides is 3. The van der Waals surface area contributed by atoms with Crippen molar-refractivity contribution in [1.82, 2.24) is 0 Å². The molecule has 0 aromatic heterocycles. The molecular weight excluding hydrogens is 349 g/mol. The molecule has 0 heterocycles. The van der Waals surface area contributed by atoms with Gasteiger partial charge in [-0.1, -0.05) is 15.9 Å². The number of hydrogen-bond donors (Lipinski definition) is 2. The normalized spacial score (nSPS) is 22.9. The third-order valence-corrected chi connectivity index (χ3v) is 4.09. The summed E-state index contributed by atoms with van der Waals surface area (Å²) in [4.78, 5) is 12.1. The van der Waals surface area contributed by atoms with Gasteiger partial charge in [0.15, 0.2) is 0 Å². The maximum absolute atomic E-state index is 12.7.